The summed E-state index contributed by atoms with van der Waals surface area (Å²) in [5, 5.41) is -0.129. The largest absolute Gasteiger partial charge is 0.297 e. The van der Waals surface area contributed by atoms with E-state index in [4.69, 9.17) is 0 Å². The van der Waals surface area contributed by atoms with Crippen molar-refractivity contribution in [1.29, 1.82) is 0 Å². The van der Waals surface area contributed by atoms with Crippen LogP contribution in [0.4, 0.5) is 0 Å². The Balaban J connectivity index is 1.59. The molecule has 1 saturated heterocycles. The van der Waals surface area contributed by atoms with Gasteiger partial charge in [0.25, 0.3) is 0 Å². The predicted octanol–water partition coefficient (Wildman–Crippen LogP) is 2.50. The molecule has 0 aromatic heterocycles. The minimum absolute atomic E-state index is 0.0619. The molecule has 2 fully saturated rings. The van der Waals surface area contributed by atoms with Crippen LogP contribution < -0.4 is 4.72 Å². The van der Waals surface area contributed by atoms with E-state index in [-0.39, 0.29) is 11.3 Å². The lowest BCUT2D eigenvalue weighted by atomic mass is 10.1. The first-order chi connectivity index (χ1) is 10.0. The molecule has 2 aliphatic rings. The maximum Gasteiger partial charge on any atom is 0.214 e. The predicted molar refractivity (Wildman–Crippen MR) is 87.5 cm³/mol. The third-order valence-corrected chi connectivity index (χ3v) is 6.94. The average Bonchev–Trinajstić information content (AvgIpc) is 3.26. The molecule has 1 aromatic carbocycles. The van der Waals surface area contributed by atoms with E-state index in [9.17, 15) is 8.42 Å². The van der Waals surface area contributed by atoms with Gasteiger partial charge in [-0.2, -0.15) is 0 Å². The van der Waals surface area contributed by atoms with Crippen molar-refractivity contribution < 1.29 is 8.42 Å². The molecule has 0 amide bonds. The van der Waals surface area contributed by atoms with Crippen LogP contribution in [-0.2, 0) is 16.6 Å². The Hall–Kier alpha value is -0.430. The molecule has 116 valence electrons. The van der Waals surface area contributed by atoms with Crippen molar-refractivity contribution in [2.45, 2.75) is 43.5 Å². The number of nitrogens with one attached hydrogen (secondary N) is 1. The van der Waals surface area contributed by atoms with Crippen molar-refractivity contribution in [3.05, 3.63) is 34.3 Å². The van der Waals surface area contributed by atoms with Gasteiger partial charge in [0, 0.05) is 23.6 Å². The molecule has 1 aromatic rings. The number of nitrogens with zero attached hydrogens (tertiary/aromatic N) is 1. The van der Waals surface area contributed by atoms with E-state index in [1.54, 1.807) is 0 Å². The smallest absolute Gasteiger partial charge is 0.214 e. The SMILES string of the molecule is O=S(=O)(NC1CCCN(Cc2ccccc2Br)C1)C1CC1. The van der Waals surface area contributed by atoms with Crippen LogP contribution in [0.15, 0.2) is 28.7 Å². The van der Waals surface area contributed by atoms with Crippen molar-refractivity contribution in [3.8, 4) is 0 Å². The number of likely N-dealkylation sites (tertiary alicyclic amines) is 1. The lowest BCUT2D eigenvalue weighted by Gasteiger charge is -2.33. The molecule has 1 saturated carbocycles. The van der Waals surface area contributed by atoms with E-state index in [0.717, 1.165) is 49.8 Å². The van der Waals surface area contributed by atoms with Gasteiger partial charge in [-0.3, -0.25) is 4.90 Å². The summed E-state index contributed by atoms with van der Waals surface area (Å²) in [6, 6.07) is 8.27. The van der Waals surface area contributed by atoms with Crippen LogP contribution >= 0.6 is 15.9 Å². The molecule has 1 atom stereocenters. The molecule has 6 heteroatoms. The van der Waals surface area contributed by atoms with Gasteiger partial charge in [-0.15, -0.1) is 0 Å². The molecule has 0 spiro atoms. The second-order valence-corrected chi connectivity index (χ2v) is 8.87. The van der Waals surface area contributed by atoms with Gasteiger partial charge in [-0.05, 0) is 43.9 Å². The maximum atomic E-state index is 12.0. The van der Waals surface area contributed by atoms with Crippen molar-refractivity contribution in [1.82, 2.24) is 9.62 Å². The number of piperidine rings is 1. The van der Waals surface area contributed by atoms with Crippen LogP contribution in [0.3, 0.4) is 0 Å². The van der Waals surface area contributed by atoms with E-state index in [2.05, 4.69) is 31.6 Å². The molecule has 1 heterocycles. The number of halogens is 1. The Morgan fingerprint density at radius 1 is 1.24 bits per heavy atom. The standard InChI is InChI=1S/C15H21BrN2O2S/c16-15-6-2-1-4-12(15)10-18-9-3-5-13(11-18)17-21(19,20)14-7-8-14/h1-2,4,6,13-14,17H,3,5,7-11H2. The maximum absolute atomic E-state index is 12.0. The van der Waals surface area contributed by atoms with Gasteiger partial charge < -0.3 is 0 Å². The van der Waals surface area contributed by atoms with E-state index in [1.165, 1.54) is 5.56 Å². The highest BCUT2D eigenvalue weighted by molar-refractivity contribution is 9.10. The number of hydrogen-bond donors (Lipinski definition) is 1. The summed E-state index contributed by atoms with van der Waals surface area (Å²) in [6.07, 6.45) is 3.63. The van der Waals surface area contributed by atoms with E-state index in [1.807, 2.05) is 18.2 Å². The van der Waals surface area contributed by atoms with E-state index in [0.29, 0.717) is 0 Å². The van der Waals surface area contributed by atoms with Gasteiger partial charge in [0.15, 0.2) is 0 Å². The topological polar surface area (TPSA) is 49.4 Å². The third kappa shape index (κ3) is 4.06. The molecule has 1 unspecified atom stereocenters. The number of rotatable bonds is 5. The van der Waals surface area contributed by atoms with Gasteiger partial charge in [-0.25, -0.2) is 13.1 Å². The van der Waals surface area contributed by atoms with Crippen molar-refractivity contribution in [2.75, 3.05) is 13.1 Å². The van der Waals surface area contributed by atoms with Crippen molar-refractivity contribution in [3.63, 3.8) is 0 Å². The molecular weight excluding hydrogens is 352 g/mol. The first-order valence-electron chi connectivity index (χ1n) is 7.51. The van der Waals surface area contributed by atoms with Gasteiger partial charge in [0.05, 0.1) is 5.25 Å². The normalized spacial score (nSPS) is 24.1. The van der Waals surface area contributed by atoms with Gasteiger partial charge >= 0.3 is 0 Å². The first kappa shape index (κ1) is 15.5. The molecule has 1 aliphatic carbocycles. The Kier molecular flexibility index (Phi) is 4.69. The average molecular weight is 373 g/mol. The van der Waals surface area contributed by atoms with Crippen LogP contribution in [-0.4, -0.2) is 37.7 Å². The second kappa shape index (κ2) is 6.36. The van der Waals surface area contributed by atoms with Crippen molar-refractivity contribution in [2.24, 2.45) is 0 Å². The van der Waals surface area contributed by atoms with Gasteiger partial charge in [0.1, 0.15) is 0 Å². The lowest BCUT2D eigenvalue weighted by Crippen LogP contribution is -2.48. The number of benzene rings is 1. The summed E-state index contributed by atoms with van der Waals surface area (Å²) in [5.74, 6) is 0. The molecule has 1 aliphatic heterocycles. The molecule has 21 heavy (non-hydrogen) atoms. The van der Waals surface area contributed by atoms with Crippen molar-refractivity contribution >= 4 is 26.0 Å². The summed E-state index contributed by atoms with van der Waals surface area (Å²) >= 11 is 3.58. The molecule has 0 bridgehead atoms. The van der Waals surface area contributed by atoms with Crippen LogP contribution in [0.25, 0.3) is 0 Å². The molecule has 0 radical (unpaired) electrons. The van der Waals surface area contributed by atoms with Gasteiger partial charge in [-0.1, -0.05) is 34.1 Å². The first-order valence-corrected chi connectivity index (χ1v) is 9.85. The van der Waals surface area contributed by atoms with Crippen LogP contribution in [0.1, 0.15) is 31.2 Å². The van der Waals surface area contributed by atoms with Crippen LogP contribution in [0.2, 0.25) is 0 Å². The van der Waals surface area contributed by atoms with Crippen LogP contribution in [0.5, 0.6) is 0 Å². The fourth-order valence-electron chi connectivity index (χ4n) is 2.87. The van der Waals surface area contributed by atoms with Gasteiger partial charge in [0.2, 0.25) is 10.0 Å². The van der Waals surface area contributed by atoms with E-state index < -0.39 is 10.0 Å². The zero-order chi connectivity index (χ0) is 14.9. The molecular formula is C15H21BrN2O2S. The monoisotopic (exact) mass is 372 g/mol. The quantitative estimate of drug-likeness (QED) is 0.863. The Morgan fingerprint density at radius 2 is 2.00 bits per heavy atom. The number of sulfonamides is 1. The zero-order valence-corrected chi connectivity index (χ0v) is 14.4. The van der Waals surface area contributed by atoms with Crippen LogP contribution in [0, 0.1) is 0 Å². The highest BCUT2D eigenvalue weighted by Crippen LogP contribution is 2.28. The highest BCUT2D eigenvalue weighted by Gasteiger charge is 2.37. The molecule has 1 N–H and O–H groups in total. The summed E-state index contributed by atoms with van der Waals surface area (Å²) < 4.78 is 28.1. The second-order valence-electron chi connectivity index (χ2n) is 6.03. The fraction of sp³-hybridized carbons (Fsp3) is 0.600. The minimum Gasteiger partial charge on any atom is -0.297 e. The summed E-state index contributed by atoms with van der Waals surface area (Å²) in [5.41, 5.74) is 1.25. The summed E-state index contributed by atoms with van der Waals surface area (Å²) in [7, 11) is -3.08. The third-order valence-electron chi connectivity index (χ3n) is 4.15. The van der Waals surface area contributed by atoms with E-state index >= 15 is 0 Å². The summed E-state index contributed by atoms with van der Waals surface area (Å²) in [6.45, 7) is 2.69. The fourth-order valence-corrected chi connectivity index (χ4v) is 4.89. The molecule has 4 nitrogen and oxygen atoms in total. The Morgan fingerprint density at radius 3 is 2.71 bits per heavy atom. The summed E-state index contributed by atoms with van der Waals surface area (Å²) in [4.78, 5) is 2.34. The highest BCUT2D eigenvalue weighted by atomic mass is 79.9. The Labute approximate surface area is 135 Å². The Bertz CT molecular complexity index is 601. The number of hydrogen-bond acceptors (Lipinski definition) is 3. The zero-order valence-electron chi connectivity index (χ0n) is 12.0. The minimum atomic E-state index is -3.08. The lowest BCUT2D eigenvalue weighted by molar-refractivity contribution is 0.194. The molecule has 3 rings (SSSR count).